The zero-order chi connectivity index (χ0) is 14.3. The molecule has 1 heterocycles. The molecule has 20 heavy (non-hydrogen) atoms. The maximum atomic E-state index is 10.9. The van der Waals surface area contributed by atoms with E-state index in [0.29, 0.717) is 11.8 Å². The van der Waals surface area contributed by atoms with E-state index in [1.165, 1.54) is 24.8 Å². The van der Waals surface area contributed by atoms with Crippen LogP contribution < -0.4 is 0 Å². The van der Waals surface area contributed by atoms with Gasteiger partial charge in [0, 0.05) is 5.92 Å². The van der Waals surface area contributed by atoms with E-state index in [0.717, 1.165) is 5.56 Å². The van der Waals surface area contributed by atoms with E-state index in [2.05, 4.69) is 45.0 Å². The monoisotopic (exact) mass is 274 g/mol. The van der Waals surface area contributed by atoms with Gasteiger partial charge in [-0.3, -0.25) is 0 Å². The van der Waals surface area contributed by atoms with Crippen LogP contribution in [0.3, 0.4) is 0 Å². The Morgan fingerprint density at radius 1 is 1.10 bits per heavy atom. The summed E-state index contributed by atoms with van der Waals surface area (Å²) >= 11 is 0. The van der Waals surface area contributed by atoms with Gasteiger partial charge in [0.15, 0.2) is 0 Å². The first-order chi connectivity index (χ1) is 9.59. The van der Waals surface area contributed by atoms with Crippen molar-refractivity contribution in [2.45, 2.75) is 64.3 Å². The Labute approximate surface area is 122 Å². The van der Waals surface area contributed by atoms with Gasteiger partial charge in [-0.2, -0.15) is 0 Å². The second-order valence-electron chi connectivity index (χ2n) is 6.68. The molecule has 0 spiro atoms. The number of rotatable bonds is 3. The SMILES string of the molecule is CC1OC(C)C(C(O)c2ccccc2C2CCC2)C1C. The van der Waals surface area contributed by atoms with Crippen molar-refractivity contribution < 1.29 is 9.84 Å². The molecule has 5 atom stereocenters. The molecular weight excluding hydrogens is 248 g/mol. The van der Waals surface area contributed by atoms with Crippen LogP contribution in [-0.4, -0.2) is 17.3 Å². The van der Waals surface area contributed by atoms with Crippen LogP contribution in [0.25, 0.3) is 0 Å². The summed E-state index contributed by atoms with van der Waals surface area (Å²) in [7, 11) is 0. The maximum Gasteiger partial charge on any atom is 0.0849 e. The fourth-order valence-corrected chi connectivity index (χ4v) is 3.92. The fourth-order valence-electron chi connectivity index (χ4n) is 3.92. The molecule has 2 fully saturated rings. The summed E-state index contributed by atoms with van der Waals surface area (Å²) in [5.74, 6) is 1.26. The van der Waals surface area contributed by atoms with Gasteiger partial charge in [0.2, 0.25) is 0 Å². The third-order valence-corrected chi connectivity index (χ3v) is 5.54. The second-order valence-corrected chi connectivity index (χ2v) is 6.68. The first-order valence-electron chi connectivity index (χ1n) is 8.02. The van der Waals surface area contributed by atoms with E-state index in [9.17, 15) is 5.11 Å². The molecule has 1 saturated carbocycles. The molecule has 1 saturated heterocycles. The van der Waals surface area contributed by atoms with Crippen molar-refractivity contribution in [3.63, 3.8) is 0 Å². The predicted octanol–water partition coefficient (Wildman–Crippen LogP) is 4.05. The highest BCUT2D eigenvalue weighted by Crippen LogP contribution is 2.45. The topological polar surface area (TPSA) is 29.5 Å². The van der Waals surface area contributed by atoms with Gasteiger partial charge in [-0.15, -0.1) is 0 Å². The number of aliphatic hydroxyl groups is 1. The van der Waals surface area contributed by atoms with E-state index in [-0.39, 0.29) is 18.1 Å². The molecule has 3 rings (SSSR count). The van der Waals surface area contributed by atoms with Crippen LogP contribution in [0.5, 0.6) is 0 Å². The Morgan fingerprint density at radius 3 is 2.35 bits per heavy atom. The summed E-state index contributed by atoms with van der Waals surface area (Å²) < 4.78 is 5.91. The van der Waals surface area contributed by atoms with Gasteiger partial charge in [-0.25, -0.2) is 0 Å². The van der Waals surface area contributed by atoms with Crippen molar-refractivity contribution in [3.05, 3.63) is 35.4 Å². The molecule has 0 radical (unpaired) electrons. The largest absolute Gasteiger partial charge is 0.388 e. The van der Waals surface area contributed by atoms with Gasteiger partial charge < -0.3 is 9.84 Å². The Hall–Kier alpha value is -0.860. The van der Waals surface area contributed by atoms with Crippen LogP contribution in [-0.2, 0) is 4.74 Å². The molecule has 110 valence electrons. The summed E-state index contributed by atoms with van der Waals surface area (Å²) in [6.07, 6.45) is 3.83. The molecule has 1 aliphatic carbocycles. The van der Waals surface area contributed by atoms with E-state index >= 15 is 0 Å². The fraction of sp³-hybridized carbons (Fsp3) is 0.667. The van der Waals surface area contributed by atoms with Crippen molar-refractivity contribution in [2.24, 2.45) is 11.8 Å². The summed E-state index contributed by atoms with van der Waals surface area (Å²) in [5.41, 5.74) is 2.50. The molecule has 0 amide bonds. The first-order valence-corrected chi connectivity index (χ1v) is 8.02. The highest BCUT2D eigenvalue weighted by atomic mass is 16.5. The number of ether oxygens (including phenoxy) is 1. The molecular formula is C18H26O2. The molecule has 2 heteroatoms. The minimum atomic E-state index is -0.401. The van der Waals surface area contributed by atoms with Crippen molar-refractivity contribution in [1.29, 1.82) is 0 Å². The zero-order valence-corrected chi connectivity index (χ0v) is 12.8. The first kappa shape index (κ1) is 14.1. The maximum absolute atomic E-state index is 10.9. The Balaban J connectivity index is 1.88. The molecule has 5 unspecified atom stereocenters. The van der Waals surface area contributed by atoms with Crippen LogP contribution >= 0.6 is 0 Å². The van der Waals surface area contributed by atoms with Gasteiger partial charge in [-0.1, -0.05) is 37.6 Å². The Kier molecular flexibility index (Phi) is 3.87. The van der Waals surface area contributed by atoms with Gasteiger partial charge in [-0.05, 0) is 49.7 Å². The van der Waals surface area contributed by atoms with Crippen molar-refractivity contribution in [2.75, 3.05) is 0 Å². The van der Waals surface area contributed by atoms with Crippen molar-refractivity contribution in [3.8, 4) is 0 Å². The van der Waals surface area contributed by atoms with Crippen molar-refractivity contribution >= 4 is 0 Å². The predicted molar refractivity (Wildman–Crippen MR) is 80.7 cm³/mol. The van der Waals surface area contributed by atoms with Crippen LogP contribution in [0.15, 0.2) is 24.3 Å². The molecule has 1 N–H and O–H groups in total. The molecule has 2 aliphatic rings. The lowest BCUT2D eigenvalue weighted by Gasteiger charge is -2.32. The number of hydrogen-bond acceptors (Lipinski definition) is 2. The van der Waals surface area contributed by atoms with Gasteiger partial charge in [0.1, 0.15) is 0 Å². The smallest absolute Gasteiger partial charge is 0.0849 e. The third-order valence-electron chi connectivity index (χ3n) is 5.54. The molecule has 0 aromatic heterocycles. The van der Waals surface area contributed by atoms with E-state index < -0.39 is 6.10 Å². The third kappa shape index (κ3) is 2.29. The number of benzene rings is 1. The van der Waals surface area contributed by atoms with Crippen LogP contribution in [0, 0.1) is 11.8 Å². The molecule has 1 aliphatic heterocycles. The molecule has 2 nitrogen and oxygen atoms in total. The molecule has 1 aromatic carbocycles. The minimum Gasteiger partial charge on any atom is -0.388 e. The van der Waals surface area contributed by atoms with Crippen LogP contribution in [0.4, 0.5) is 0 Å². The second kappa shape index (κ2) is 5.50. The van der Waals surface area contributed by atoms with Crippen molar-refractivity contribution in [1.82, 2.24) is 0 Å². The van der Waals surface area contributed by atoms with Gasteiger partial charge in [0.05, 0.1) is 18.3 Å². The summed E-state index contributed by atoms with van der Waals surface area (Å²) in [5, 5.41) is 10.9. The van der Waals surface area contributed by atoms with Crippen LogP contribution in [0.2, 0.25) is 0 Å². The summed E-state index contributed by atoms with van der Waals surface area (Å²) in [4.78, 5) is 0. The van der Waals surface area contributed by atoms with E-state index in [1.807, 2.05) is 0 Å². The molecule has 0 bridgehead atoms. The lowest BCUT2D eigenvalue weighted by molar-refractivity contribution is 0.0226. The summed E-state index contributed by atoms with van der Waals surface area (Å²) in [6, 6.07) is 8.47. The minimum absolute atomic E-state index is 0.129. The van der Waals surface area contributed by atoms with Gasteiger partial charge >= 0.3 is 0 Å². The number of aliphatic hydroxyl groups excluding tert-OH is 1. The van der Waals surface area contributed by atoms with E-state index in [4.69, 9.17) is 4.74 Å². The lowest BCUT2D eigenvalue weighted by atomic mass is 9.74. The average Bonchev–Trinajstić information content (AvgIpc) is 2.61. The van der Waals surface area contributed by atoms with Crippen LogP contribution in [0.1, 0.15) is 63.2 Å². The highest BCUT2D eigenvalue weighted by Gasteiger charge is 2.42. The average molecular weight is 274 g/mol. The summed E-state index contributed by atoms with van der Waals surface area (Å²) in [6.45, 7) is 6.42. The normalized spacial score (nSPS) is 35.8. The zero-order valence-electron chi connectivity index (χ0n) is 12.8. The molecule has 1 aromatic rings. The lowest BCUT2D eigenvalue weighted by Crippen LogP contribution is -2.26. The Bertz CT molecular complexity index is 466. The van der Waals surface area contributed by atoms with Gasteiger partial charge in [0.25, 0.3) is 0 Å². The Morgan fingerprint density at radius 2 is 1.80 bits per heavy atom. The quantitative estimate of drug-likeness (QED) is 0.901. The number of hydrogen-bond donors (Lipinski definition) is 1. The highest BCUT2D eigenvalue weighted by molar-refractivity contribution is 5.34. The standard InChI is InChI=1S/C18H26O2/c1-11-12(2)20-13(3)17(11)18(19)16-10-5-4-9-15(16)14-7-6-8-14/h4-5,9-14,17-19H,6-8H2,1-3H3. The van der Waals surface area contributed by atoms with E-state index in [1.54, 1.807) is 0 Å².